The van der Waals surface area contributed by atoms with E-state index >= 15 is 0 Å². The van der Waals surface area contributed by atoms with Crippen molar-refractivity contribution >= 4 is 18.1 Å². The van der Waals surface area contributed by atoms with Gasteiger partial charge in [0.25, 0.3) is 5.91 Å². The number of hydrogen-bond donors (Lipinski definition) is 3. The Morgan fingerprint density at radius 2 is 1.94 bits per heavy atom. The third-order valence-electron chi connectivity index (χ3n) is 6.96. The van der Waals surface area contributed by atoms with Crippen molar-refractivity contribution in [3.63, 3.8) is 0 Å². The number of aryl methyl sites for hydroxylation is 1. The van der Waals surface area contributed by atoms with Crippen LogP contribution in [-0.4, -0.2) is 42.1 Å². The third-order valence-corrected chi connectivity index (χ3v) is 6.96. The molecule has 196 valence electrons. The van der Waals surface area contributed by atoms with E-state index in [0.29, 0.717) is 12.2 Å². The lowest BCUT2D eigenvalue weighted by Gasteiger charge is -2.24. The Kier molecular flexibility index (Phi) is 10.3. The first-order valence-electron chi connectivity index (χ1n) is 12.9. The predicted octanol–water partition coefficient (Wildman–Crippen LogP) is 4.13. The number of hydrogen-bond acceptors (Lipinski definition) is 6. The van der Waals surface area contributed by atoms with Gasteiger partial charge in [-0.25, -0.2) is 0 Å². The average molecular weight is 499 g/mol. The summed E-state index contributed by atoms with van der Waals surface area (Å²) in [4.78, 5) is 36.6. The fourth-order valence-corrected chi connectivity index (χ4v) is 4.76. The van der Waals surface area contributed by atoms with Crippen LogP contribution in [0.15, 0.2) is 34.7 Å². The molecule has 36 heavy (non-hydrogen) atoms. The zero-order valence-corrected chi connectivity index (χ0v) is 21.4. The molecule has 1 aromatic carbocycles. The third kappa shape index (κ3) is 7.04. The van der Waals surface area contributed by atoms with Crippen molar-refractivity contribution in [2.45, 2.75) is 78.1 Å². The summed E-state index contributed by atoms with van der Waals surface area (Å²) in [5.74, 6) is -0.0856. The quantitative estimate of drug-likeness (QED) is 0.147. The van der Waals surface area contributed by atoms with E-state index in [0.717, 1.165) is 55.1 Å². The lowest BCUT2D eigenvalue weighted by Crippen LogP contribution is -2.43. The Hall–Kier alpha value is -2.97. The molecular formula is C28H38N2O6. The summed E-state index contributed by atoms with van der Waals surface area (Å²) in [5, 5.41) is 15.0. The van der Waals surface area contributed by atoms with Gasteiger partial charge in [-0.05, 0) is 55.0 Å². The normalized spacial score (nSPS) is 18.3. The second-order valence-electron chi connectivity index (χ2n) is 9.40. The van der Waals surface area contributed by atoms with E-state index in [9.17, 15) is 19.5 Å². The number of aliphatic hydroxyl groups excluding tert-OH is 1. The van der Waals surface area contributed by atoms with E-state index < -0.39 is 5.91 Å². The van der Waals surface area contributed by atoms with E-state index in [1.807, 2.05) is 32.0 Å². The average Bonchev–Trinajstić information content (AvgIpc) is 3.44. The maximum absolute atomic E-state index is 13.1. The molecule has 1 aliphatic rings. The van der Waals surface area contributed by atoms with E-state index in [-0.39, 0.29) is 49.0 Å². The van der Waals surface area contributed by atoms with Crippen LogP contribution in [0.5, 0.6) is 0 Å². The maximum Gasteiger partial charge on any atom is 0.288 e. The molecule has 1 fully saturated rings. The van der Waals surface area contributed by atoms with E-state index in [1.54, 1.807) is 12.1 Å². The molecule has 1 saturated heterocycles. The molecule has 0 spiro atoms. The minimum Gasteiger partial charge on any atom is -0.451 e. The first-order chi connectivity index (χ1) is 17.4. The Balaban J connectivity index is 1.57. The lowest BCUT2D eigenvalue weighted by molar-refractivity contribution is -0.127. The number of rotatable bonds is 15. The van der Waals surface area contributed by atoms with Crippen molar-refractivity contribution in [2.75, 3.05) is 6.67 Å². The van der Waals surface area contributed by atoms with Gasteiger partial charge in [0, 0.05) is 17.9 Å². The van der Waals surface area contributed by atoms with Crippen LogP contribution in [0.2, 0.25) is 0 Å². The summed E-state index contributed by atoms with van der Waals surface area (Å²) in [5.41, 5.74) is 2.55. The molecule has 0 saturated carbocycles. The number of aliphatic hydroxyl groups is 1. The summed E-state index contributed by atoms with van der Waals surface area (Å²) in [6.07, 6.45) is 5.63. The summed E-state index contributed by atoms with van der Waals surface area (Å²) in [6, 6.07) is 8.90. The Bertz CT molecular complexity index is 1030. The summed E-state index contributed by atoms with van der Waals surface area (Å²) in [7, 11) is 0. The van der Waals surface area contributed by atoms with Gasteiger partial charge < -0.3 is 29.7 Å². The molecule has 4 unspecified atom stereocenters. The molecule has 1 aliphatic heterocycles. The molecule has 2 amide bonds. The molecule has 2 aromatic rings. The second kappa shape index (κ2) is 13.4. The van der Waals surface area contributed by atoms with Gasteiger partial charge in [0.05, 0.1) is 25.5 Å². The van der Waals surface area contributed by atoms with Crippen LogP contribution in [0.3, 0.4) is 0 Å². The fourth-order valence-electron chi connectivity index (χ4n) is 4.76. The zero-order valence-electron chi connectivity index (χ0n) is 21.4. The molecule has 8 heteroatoms. The van der Waals surface area contributed by atoms with Crippen LogP contribution in [-0.2, 0) is 20.9 Å². The summed E-state index contributed by atoms with van der Waals surface area (Å²) < 4.78 is 11.4. The number of carbonyl (C=O) groups excluding carboxylic acids is 3. The van der Waals surface area contributed by atoms with E-state index in [1.165, 1.54) is 0 Å². The van der Waals surface area contributed by atoms with Crippen molar-refractivity contribution in [1.82, 2.24) is 10.6 Å². The van der Waals surface area contributed by atoms with Crippen LogP contribution in [0.1, 0.15) is 74.1 Å². The molecule has 1 aromatic heterocycles. The molecule has 2 heterocycles. The number of amides is 2. The first-order valence-corrected chi connectivity index (χ1v) is 12.9. The van der Waals surface area contributed by atoms with Crippen LogP contribution < -0.4 is 10.6 Å². The molecule has 4 atom stereocenters. The van der Waals surface area contributed by atoms with Gasteiger partial charge in [-0.2, -0.15) is 0 Å². The number of nitrogens with one attached hydrogen (secondary N) is 2. The van der Waals surface area contributed by atoms with Crippen LogP contribution in [0.25, 0.3) is 11.3 Å². The molecule has 0 radical (unpaired) electrons. The lowest BCUT2D eigenvalue weighted by atomic mass is 9.81. The van der Waals surface area contributed by atoms with E-state index in [2.05, 4.69) is 17.6 Å². The van der Waals surface area contributed by atoms with Gasteiger partial charge in [0.1, 0.15) is 12.0 Å². The highest BCUT2D eigenvalue weighted by atomic mass is 16.6. The monoisotopic (exact) mass is 498 g/mol. The maximum atomic E-state index is 13.1. The zero-order chi connectivity index (χ0) is 26.1. The highest BCUT2D eigenvalue weighted by Gasteiger charge is 2.47. The number of unbranched alkanes of at least 4 members (excludes halogenated alkanes) is 2. The molecule has 0 aliphatic carbocycles. The number of furan rings is 1. The number of carbonyl (C=O) groups is 3. The topological polar surface area (TPSA) is 121 Å². The molecule has 0 bridgehead atoms. The first kappa shape index (κ1) is 27.6. The van der Waals surface area contributed by atoms with Crippen LogP contribution in [0.4, 0.5) is 0 Å². The summed E-state index contributed by atoms with van der Waals surface area (Å²) in [6.45, 7) is 5.99. The number of epoxide rings is 1. The van der Waals surface area contributed by atoms with Crippen molar-refractivity contribution in [2.24, 2.45) is 11.8 Å². The number of aldehydes is 1. The highest BCUT2D eigenvalue weighted by Crippen LogP contribution is 2.39. The second-order valence-corrected chi connectivity index (χ2v) is 9.40. The predicted molar refractivity (Wildman–Crippen MR) is 136 cm³/mol. The Labute approximate surface area is 212 Å². The van der Waals surface area contributed by atoms with Gasteiger partial charge in [-0.1, -0.05) is 45.2 Å². The van der Waals surface area contributed by atoms with Gasteiger partial charge in [-0.15, -0.1) is 0 Å². The van der Waals surface area contributed by atoms with E-state index in [4.69, 9.17) is 9.15 Å². The largest absolute Gasteiger partial charge is 0.451 e. The SMILES string of the molecule is CCCCCC(C(=O)NCNC(=O)c1ccc(-c2ccc(C)c(CO)c2)o1)C(CC)C1OC1CC=O. The number of ether oxygens (including phenoxy) is 1. The molecule has 3 rings (SSSR count). The van der Waals surface area contributed by atoms with Crippen molar-refractivity contribution < 1.29 is 28.6 Å². The van der Waals surface area contributed by atoms with Crippen LogP contribution >= 0.6 is 0 Å². The van der Waals surface area contributed by atoms with Gasteiger partial charge >= 0.3 is 0 Å². The molecule has 3 N–H and O–H groups in total. The highest BCUT2D eigenvalue weighted by molar-refractivity contribution is 5.92. The molecular weight excluding hydrogens is 460 g/mol. The van der Waals surface area contributed by atoms with Gasteiger partial charge in [0.15, 0.2) is 5.76 Å². The van der Waals surface area contributed by atoms with Gasteiger partial charge in [0.2, 0.25) is 5.91 Å². The van der Waals surface area contributed by atoms with Crippen molar-refractivity contribution in [3.05, 3.63) is 47.2 Å². The number of benzene rings is 1. The smallest absolute Gasteiger partial charge is 0.288 e. The molecule has 8 nitrogen and oxygen atoms in total. The van der Waals surface area contributed by atoms with Crippen molar-refractivity contribution in [3.8, 4) is 11.3 Å². The Morgan fingerprint density at radius 3 is 2.64 bits per heavy atom. The Morgan fingerprint density at radius 1 is 1.14 bits per heavy atom. The minimum atomic E-state index is -0.429. The van der Waals surface area contributed by atoms with Crippen LogP contribution in [0, 0.1) is 18.8 Å². The van der Waals surface area contributed by atoms with Crippen molar-refractivity contribution in [1.29, 1.82) is 0 Å². The van der Waals surface area contributed by atoms with Gasteiger partial charge in [-0.3, -0.25) is 9.59 Å². The summed E-state index contributed by atoms with van der Waals surface area (Å²) >= 11 is 0. The fraction of sp³-hybridized carbons (Fsp3) is 0.536. The standard InChI is InChI=1S/C28H38N2O6/c1-4-6-7-8-22(21(5-2)26-24(36-26)13-14-31)27(33)29-17-30-28(34)25-12-11-23(35-25)19-10-9-18(3)20(15-19)16-32/h9-12,14-15,21-22,24,26,32H,4-8,13,16-17H2,1-3H3,(H,29,33)(H,30,34). The minimum absolute atomic E-state index is 0.0170.